The van der Waals surface area contributed by atoms with Crippen LogP contribution in [0.3, 0.4) is 0 Å². The van der Waals surface area contributed by atoms with Gasteiger partial charge in [-0.05, 0) is 31.9 Å². The Kier molecular flexibility index (Phi) is 2.02. The summed E-state index contributed by atoms with van der Waals surface area (Å²) in [5.41, 5.74) is 5.78. The third kappa shape index (κ3) is 1.22. The van der Waals surface area contributed by atoms with Crippen molar-refractivity contribution in [2.45, 2.75) is 44.7 Å². The smallest absolute Gasteiger partial charge is 0.0958 e. The van der Waals surface area contributed by atoms with Crippen molar-refractivity contribution < 1.29 is 4.42 Å². The van der Waals surface area contributed by atoms with Gasteiger partial charge in [-0.3, -0.25) is 0 Å². The maximum Gasteiger partial charge on any atom is 0.0958 e. The summed E-state index contributed by atoms with van der Waals surface area (Å²) < 4.78 is 5.47. The van der Waals surface area contributed by atoms with Crippen LogP contribution in [-0.4, -0.2) is 6.04 Å². The van der Waals surface area contributed by atoms with Gasteiger partial charge >= 0.3 is 0 Å². The van der Waals surface area contributed by atoms with Crippen molar-refractivity contribution >= 4 is 5.69 Å². The van der Waals surface area contributed by atoms with E-state index in [1.54, 1.807) is 0 Å². The van der Waals surface area contributed by atoms with Gasteiger partial charge in [-0.1, -0.05) is 25.1 Å². The Balaban J connectivity index is 1.88. The molecule has 2 bridgehead atoms. The molecule has 3 unspecified atom stereocenters. The Morgan fingerprint density at radius 3 is 2.84 bits per heavy atom. The normalized spacial score (nSPS) is 31.8. The van der Waals surface area contributed by atoms with E-state index in [9.17, 15) is 0 Å². The Hall–Kier alpha value is -1.70. The van der Waals surface area contributed by atoms with Crippen LogP contribution in [0.2, 0.25) is 0 Å². The van der Waals surface area contributed by atoms with Crippen LogP contribution in [0.1, 0.15) is 43.0 Å². The summed E-state index contributed by atoms with van der Waals surface area (Å²) in [6.45, 7) is 6.93. The summed E-state index contributed by atoms with van der Waals surface area (Å²) in [5.74, 6) is 0. The molecule has 0 saturated carbocycles. The van der Waals surface area contributed by atoms with Crippen LogP contribution in [0.25, 0.3) is 0 Å². The van der Waals surface area contributed by atoms with Crippen molar-refractivity contribution in [2.24, 2.45) is 0 Å². The second-order valence-electron chi connectivity index (χ2n) is 6.25. The number of furan rings is 1. The van der Waals surface area contributed by atoms with Crippen molar-refractivity contribution in [3.8, 4) is 0 Å². The third-order valence-corrected chi connectivity index (χ3v) is 5.35. The molecule has 2 aromatic rings. The number of rotatable bonds is 1. The molecule has 2 heteroatoms. The van der Waals surface area contributed by atoms with Crippen molar-refractivity contribution in [2.75, 3.05) is 4.90 Å². The summed E-state index contributed by atoms with van der Waals surface area (Å²) in [4.78, 5) is 2.59. The van der Waals surface area contributed by atoms with Crippen molar-refractivity contribution in [3.63, 3.8) is 0 Å². The van der Waals surface area contributed by atoms with E-state index in [-0.39, 0.29) is 5.41 Å². The average Bonchev–Trinajstić information content (AvgIpc) is 3.02. The van der Waals surface area contributed by atoms with Crippen LogP contribution in [0.5, 0.6) is 0 Å². The predicted octanol–water partition coefficient (Wildman–Crippen LogP) is 4.20. The summed E-state index contributed by atoms with van der Waals surface area (Å²) in [7, 11) is 0. The molecule has 0 spiro atoms. The second kappa shape index (κ2) is 3.44. The summed E-state index contributed by atoms with van der Waals surface area (Å²) in [6.07, 6.45) is 5.12. The van der Waals surface area contributed by atoms with Gasteiger partial charge in [0, 0.05) is 28.3 Å². The molecule has 3 atom stereocenters. The zero-order valence-corrected chi connectivity index (χ0v) is 11.7. The molecule has 0 amide bonds. The maximum atomic E-state index is 5.47. The minimum atomic E-state index is 0.231. The number of aryl methyl sites for hydroxylation is 1. The lowest BCUT2D eigenvalue weighted by atomic mass is 9.79. The SMILES string of the molecule is Cc1ccccc1N1C2CC(C)(c3cocc32)C1C. The van der Waals surface area contributed by atoms with E-state index in [1.807, 2.05) is 12.5 Å². The third-order valence-electron chi connectivity index (χ3n) is 5.35. The van der Waals surface area contributed by atoms with Crippen LogP contribution in [0.4, 0.5) is 5.69 Å². The lowest BCUT2D eigenvalue weighted by molar-refractivity contribution is 0.440. The molecule has 2 heterocycles. The molecule has 0 radical (unpaired) electrons. The average molecular weight is 253 g/mol. The standard InChI is InChI=1S/C17H19NO/c1-11-6-4-5-7-15(11)18-12(2)17(3)8-16(18)13-9-19-10-14(13)17/h4-7,9-10,12,16H,8H2,1-3H3. The van der Waals surface area contributed by atoms with Crippen LogP contribution < -0.4 is 4.90 Å². The molecule has 19 heavy (non-hydrogen) atoms. The molecule has 2 aliphatic rings. The molecule has 1 aliphatic heterocycles. The Bertz CT molecular complexity index is 644. The molecule has 1 aromatic carbocycles. The number of nitrogens with zero attached hydrogens (tertiary/aromatic N) is 1. The van der Waals surface area contributed by atoms with E-state index in [4.69, 9.17) is 4.42 Å². The van der Waals surface area contributed by atoms with E-state index in [0.717, 1.165) is 0 Å². The molecule has 2 nitrogen and oxygen atoms in total. The number of anilines is 1. The molecular formula is C17H19NO. The van der Waals surface area contributed by atoms with Gasteiger partial charge in [0.25, 0.3) is 0 Å². The minimum Gasteiger partial charge on any atom is -0.472 e. The molecule has 1 aromatic heterocycles. The molecule has 1 fully saturated rings. The molecule has 0 N–H and O–H groups in total. The lowest BCUT2D eigenvalue weighted by Gasteiger charge is -2.39. The first kappa shape index (κ1) is 11.2. The quantitative estimate of drug-likeness (QED) is 0.757. The van der Waals surface area contributed by atoms with Crippen molar-refractivity contribution in [3.05, 3.63) is 53.5 Å². The highest BCUT2D eigenvalue weighted by atomic mass is 16.3. The van der Waals surface area contributed by atoms with E-state index >= 15 is 0 Å². The Morgan fingerprint density at radius 2 is 2.05 bits per heavy atom. The van der Waals surface area contributed by atoms with Gasteiger partial charge in [0.1, 0.15) is 0 Å². The highest BCUT2D eigenvalue weighted by Crippen LogP contribution is 2.59. The van der Waals surface area contributed by atoms with E-state index in [2.05, 4.69) is 49.9 Å². The van der Waals surface area contributed by atoms with Gasteiger partial charge in [0.15, 0.2) is 0 Å². The first-order chi connectivity index (χ1) is 9.13. The summed E-state index contributed by atoms with van der Waals surface area (Å²) in [5, 5.41) is 0. The minimum absolute atomic E-state index is 0.231. The predicted molar refractivity (Wildman–Crippen MR) is 76.5 cm³/mol. The fraction of sp³-hybridized carbons (Fsp3) is 0.412. The van der Waals surface area contributed by atoms with Gasteiger partial charge in [-0.25, -0.2) is 0 Å². The van der Waals surface area contributed by atoms with E-state index in [0.29, 0.717) is 12.1 Å². The maximum absolute atomic E-state index is 5.47. The van der Waals surface area contributed by atoms with Crippen LogP contribution >= 0.6 is 0 Å². The van der Waals surface area contributed by atoms with E-state index < -0.39 is 0 Å². The zero-order chi connectivity index (χ0) is 13.2. The van der Waals surface area contributed by atoms with Crippen molar-refractivity contribution in [1.29, 1.82) is 0 Å². The Labute approximate surface area is 114 Å². The van der Waals surface area contributed by atoms with Crippen LogP contribution in [0.15, 0.2) is 41.2 Å². The van der Waals surface area contributed by atoms with E-state index in [1.165, 1.54) is 28.8 Å². The highest BCUT2D eigenvalue weighted by molar-refractivity contribution is 5.62. The molecule has 98 valence electrons. The van der Waals surface area contributed by atoms with Crippen LogP contribution in [-0.2, 0) is 5.41 Å². The summed E-state index contributed by atoms with van der Waals surface area (Å²) in [6, 6.07) is 9.70. The highest BCUT2D eigenvalue weighted by Gasteiger charge is 2.56. The molecule has 1 saturated heterocycles. The summed E-state index contributed by atoms with van der Waals surface area (Å²) >= 11 is 0. The lowest BCUT2D eigenvalue weighted by Crippen LogP contribution is -2.42. The molecule has 1 aliphatic carbocycles. The fourth-order valence-electron chi connectivity index (χ4n) is 4.10. The zero-order valence-electron chi connectivity index (χ0n) is 11.7. The largest absolute Gasteiger partial charge is 0.472 e. The van der Waals surface area contributed by atoms with Gasteiger partial charge in [0.05, 0.1) is 18.6 Å². The first-order valence-electron chi connectivity index (χ1n) is 7.03. The second-order valence-corrected chi connectivity index (χ2v) is 6.25. The number of hydrogen-bond acceptors (Lipinski definition) is 2. The molecular weight excluding hydrogens is 234 g/mol. The van der Waals surface area contributed by atoms with Gasteiger partial charge in [-0.2, -0.15) is 0 Å². The van der Waals surface area contributed by atoms with Gasteiger partial charge < -0.3 is 9.32 Å². The van der Waals surface area contributed by atoms with Gasteiger partial charge in [0.2, 0.25) is 0 Å². The monoisotopic (exact) mass is 253 g/mol. The topological polar surface area (TPSA) is 16.4 Å². The number of hydrogen-bond donors (Lipinski definition) is 0. The molecule has 4 rings (SSSR count). The first-order valence-corrected chi connectivity index (χ1v) is 7.03. The van der Waals surface area contributed by atoms with Crippen LogP contribution in [0, 0.1) is 6.92 Å². The fourth-order valence-corrected chi connectivity index (χ4v) is 4.10. The number of benzene rings is 1. The number of fused-ring (bicyclic) bond motifs is 5. The van der Waals surface area contributed by atoms with Crippen molar-refractivity contribution in [1.82, 2.24) is 0 Å². The van der Waals surface area contributed by atoms with Gasteiger partial charge in [-0.15, -0.1) is 0 Å². The number of para-hydroxylation sites is 1. The Morgan fingerprint density at radius 1 is 1.26 bits per heavy atom.